The Morgan fingerprint density at radius 1 is 1.03 bits per heavy atom. The molecule has 0 unspecified atom stereocenters. The number of esters is 2. The molecular formula is C28H37NO8. The molecule has 9 nitrogen and oxygen atoms in total. The molecule has 2 aromatic rings. The van der Waals surface area contributed by atoms with Gasteiger partial charge in [0.15, 0.2) is 23.0 Å². The van der Waals surface area contributed by atoms with E-state index < -0.39 is 36.5 Å². The van der Waals surface area contributed by atoms with Crippen molar-refractivity contribution in [3.8, 4) is 17.2 Å². The minimum absolute atomic E-state index is 0.0243. The van der Waals surface area contributed by atoms with Crippen molar-refractivity contribution in [2.75, 3.05) is 13.9 Å². The van der Waals surface area contributed by atoms with E-state index in [0.29, 0.717) is 12.2 Å². The van der Waals surface area contributed by atoms with E-state index >= 15 is 0 Å². The molecule has 0 fully saturated rings. The van der Waals surface area contributed by atoms with Crippen LogP contribution < -0.4 is 14.2 Å². The third kappa shape index (κ3) is 9.08. The molecule has 0 aliphatic heterocycles. The summed E-state index contributed by atoms with van der Waals surface area (Å²) >= 11 is 0. The number of methoxy groups -OCH3 is 1. The number of rotatable bonds is 15. The molecule has 3 atom stereocenters. The number of ketones is 1. The number of hydrogen-bond acceptors (Lipinski definition) is 9. The smallest absolute Gasteiger partial charge is 0.309 e. The highest BCUT2D eigenvalue weighted by atomic mass is 16.7. The minimum atomic E-state index is -0.745. The van der Waals surface area contributed by atoms with Gasteiger partial charge in [0.25, 0.3) is 0 Å². The van der Waals surface area contributed by atoms with Gasteiger partial charge in [0.05, 0.1) is 13.0 Å². The van der Waals surface area contributed by atoms with Crippen molar-refractivity contribution in [3.05, 3.63) is 48.3 Å². The minimum Gasteiger partial charge on any atom is -0.493 e. The summed E-state index contributed by atoms with van der Waals surface area (Å²) in [5.74, 6) is -1.14. The predicted molar refractivity (Wildman–Crippen MR) is 137 cm³/mol. The van der Waals surface area contributed by atoms with E-state index in [9.17, 15) is 14.4 Å². The highest BCUT2D eigenvalue weighted by Crippen LogP contribution is 2.31. The summed E-state index contributed by atoms with van der Waals surface area (Å²) in [6.45, 7) is 8.51. The summed E-state index contributed by atoms with van der Waals surface area (Å²) in [5, 5.41) is 0. The van der Waals surface area contributed by atoms with Gasteiger partial charge in [-0.2, -0.15) is 0 Å². The Bertz CT molecular complexity index is 1020. The van der Waals surface area contributed by atoms with Crippen LogP contribution in [0.4, 0.5) is 0 Å². The summed E-state index contributed by atoms with van der Waals surface area (Å²) in [7, 11) is 1.42. The molecule has 0 aliphatic carbocycles. The Labute approximate surface area is 218 Å². The van der Waals surface area contributed by atoms with E-state index in [0.717, 1.165) is 6.42 Å². The van der Waals surface area contributed by atoms with Crippen LogP contribution in [0.3, 0.4) is 0 Å². The third-order valence-corrected chi connectivity index (χ3v) is 5.59. The number of ether oxygens (including phenoxy) is 5. The van der Waals surface area contributed by atoms with Gasteiger partial charge in [-0.1, -0.05) is 52.3 Å². The Morgan fingerprint density at radius 3 is 2.32 bits per heavy atom. The van der Waals surface area contributed by atoms with E-state index in [-0.39, 0.29) is 35.6 Å². The molecule has 9 heteroatoms. The van der Waals surface area contributed by atoms with Crippen LogP contribution in [-0.4, -0.2) is 48.8 Å². The van der Waals surface area contributed by atoms with Crippen molar-refractivity contribution in [1.29, 1.82) is 0 Å². The molecule has 1 aromatic heterocycles. The number of para-hydroxylation sites is 1. The van der Waals surface area contributed by atoms with Crippen LogP contribution in [0.5, 0.6) is 17.2 Å². The first-order valence-electron chi connectivity index (χ1n) is 12.4. The van der Waals surface area contributed by atoms with Gasteiger partial charge < -0.3 is 23.7 Å². The normalized spacial score (nSPS) is 13.3. The fourth-order valence-corrected chi connectivity index (χ4v) is 3.70. The topological polar surface area (TPSA) is 110 Å². The summed E-state index contributed by atoms with van der Waals surface area (Å²) < 4.78 is 27.6. The van der Waals surface area contributed by atoms with Gasteiger partial charge in [-0.25, -0.2) is 4.98 Å². The van der Waals surface area contributed by atoms with Gasteiger partial charge in [0.1, 0.15) is 18.0 Å². The standard InChI is InChI=1S/C28H37NO8/c1-7-11-24(26(18(2)3)36-21-12-9-8-10-13-21)37-28(32)19(4)16-22(31)25-27(35-17-34-20(5)30)23(33-6)14-15-29-25/h8-10,12-15,18-19,24,26H,7,11,16-17H2,1-6H3/t19-,24+,26-/m1/s1. The van der Waals surface area contributed by atoms with Crippen molar-refractivity contribution in [3.63, 3.8) is 0 Å². The SMILES string of the molecule is CCC[C@H](OC(=O)[C@H](C)CC(=O)c1nccc(OC)c1OCOC(C)=O)[C@H](Oc1ccccc1)C(C)C. The van der Waals surface area contributed by atoms with Gasteiger partial charge >= 0.3 is 11.9 Å². The lowest BCUT2D eigenvalue weighted by Crippen LogP contribution is -2.40. The lowest BCUT2D eigenvalue weighted by atomic mass is 9.97. The lowest BCUT2D eigenvalue weighted by Gasteiger charge is -2.31. The maximum Gasteiger partial charge on any atom is 0.309 e. The van der Waals surface area contributed by atoms with Crippen molar-refractivity contribution < 1.29 is 38.1 Å². The van der Waals surface area contributed by atoms with Gasteiger partial charge in [-0.3, -0.25) is 14.4 Å². The number of aromatic nitrogens is 1. The van der Waals surface area contributed by atoms with Gasteiger partial charge in [0.2, 0.25) is 6.79 Å². The van der Waals surface area contributed by atoms with Crippen molar-refractivity contribution >= 4 is 17.7 Å². The van der Waals surface area contributed by atoms with Crippen LogP contribution in [0.25, 0.3) is 0 Å². The van der Waals surface area contributed by atoms with Crippen LogP contribution in [0.2, 0.25) is 0 Å². The third-order valence-electron chi connectivity index (χ3n) is 5.59. The molecule has 0 saturated carbocycles. The Morgan fingerprint density at radius 2 is 1.73 bits per heavy atom. The highest BCUT2D eigenvalue weighted by Gasteiger charge is 2.32. The number of hydrogen-bond donors (Lipinski definition) is 0. The molecule has 37 heavy (non-hydrogen) atoms. The first kappa shape index (κ1) is 29.6. The Hall–Kier alpha value is -3.62. The lowest BCUT2D eigenvalue weighted by molar-refractivity contribution is -0.160. The van der Waals surface area contributed by atoms with E-state index in [1.54, 1.807) is 6.92 Å². The molecule has 0 radical (unpaired) electrons. The number of nitrogens with zero attached hydrogens (tertiary/aromatic N) is 1. The zero-order chi connectivity index (χ0) is 27.4. The zero-order valence-electron chi connectivity index (χ0n) is 22.4. The number of carbonyl (C=O) groups is 3. The van der Waals surface area contributed by atoms with Gasteiger partial charge in [0, 0.05) is 25.6 Å². The molecular weight excluding hydrogens is 478 g/mol. The maximum atomic E-state index is 13.1. The van der Waals surface area contributed by atoms with Crippen LogP contribution in [0, 0.1) is 11.8 Å². The van der Waals surface area contributed by atoms with E-state index in [2.05, 4.69) is 4.98 Å². The molecule has 0 spiro atoms. The molecule has 1 aromatic carbocycles. The molecule has 0 amide bonds. The molecule has 0 aliphatic rings. The van der Waals surface area contributed by atoms with E-state index in [1.807, 2.05) is 51.1 Å². The summed E-state index contributed by atoms with van der Waals surface area (Å²) in [4.78, 5) is 41.4. The largest absolute Gasteiger partial charge is 0.493 e. The summed E-state index contributed by atoms with van der Waals surface area (Å²) in [6.07, 6.45) is 1.83. The Balaban J connectivity index is 2.13. The van der Waals surface area contributed by atoms with Gasteiger partial charge in [-0.05, 0) is 24.5 Å². The quantitative estimate of drug-likeness (QED) is 0.183. The number of carbonyl (C=O) groups excluding carboxylic acids is 3. The predicted octanol–water partition coefficient (Wildman–Crippen LogP) is 5.01. The van der Waals surface area contributed by atoms with Crippen molar-refractivity contribution in [2.45, 2.75) is 66.1 Å². The molecule has 202 valence electrons. The highest BCUT2D eigenvalue weighted by molar-refractivity contribution is 5.99. The second kappa shape index (κ2) is 14.8. The fourth-order valence-electron chi connectivity index (χ4n) is 3.70. The second-order valence-corrected chi connectivity index (χ2v) is 9.02. The molecule has 2 rings (SSSR count). The fraction of sp³-hybridized carbons (Fsp3) is 0.500. The molecule has 0 N–H and O–H groups in total. The molecule has 0 saturated heterocycles. The van der Waals surface area contributed by atoms with E-state index in [1.165, 1.54) is 26.3 Å². The van der Waals surface area contributed by atoms with Crippen molar-refractivity contribution in [1.82, 2.24) is 4.98 Å². The molecule has 1 heterocycles. The number of Topliss-reactive ketones (excluding diaryl/α,β-unsaturated/α-hetero) is 1. The van der Waals surface area contributed by atoms with Crippen LogP contribution in [0.1, 0.15) is 64.4 Å². The van der Waals surface area contributed by atoms with Crippen molar-refractivity contribution in [2.24, 2.45) is 11.8 Å². The van der Waals surface area contributed by atoms with Gasteiger partial charge in [-0.15, -0.1) is 0 Å². The van der Waals surface area contributed by atoms with Crippen LogP contribution >= 0.6 is 0 Å². The van der Waals surface area contributed by atoms with E-state index in [4.69, 9.17) is 23.7 Å². The molecule has 0 bridgehead atoms. The second-order valence-electron chi connectivity index (χ2n) is 9.02. The van der Waals surface area contributed by atoms with Crippen LogP contribution in [-0.2, 0) is 19.1 Å². The zero-order valence-corrected chi connectivity index (χ0v) is 22.4. The summed E-state index contributed by atoms with van der Waals surface area (Å²) in [6, 6.07) is 10.9. The first-order valence-corrected chi connectivity index (χ1v) is 12.4. The number of pyridine rings is 1. The first-order chi connectivity index (χ1) is 17.7. The monoisotopic (exact) mass is 515 g/mol. The average molecular weight is 516 g/mol. The average Bonchev–Trinajstić information content (AvgIpc) is 2.87. The summed E-state index contributed by atoms with van der Waals surface area (Å²) in [5.41, 5.74) is -0.0243. The Kier molecular flexibility index (Phi) is 11.9. The van der Waals surface area contributed by atoms with Crippen LogP contribution in [0.15, 0.2) is 42.6 Å². The number of benzene rings is 1. The maximum absolute atomic E-state index is 13.1.